The average molecular weight is 232 g/mol. The Balaban J connectivity index is 0.000001000. The molecule has 0 aromatic heterocycles. The Kier molecular flexibility index (Phi) is 7.48. The molecule has 11 heavy (non-hydrogen) atoms. The van der Waals surface area contributed by atoms with Gasteiger partial charge in [-0.3, -0.25) is 0 Å². The predicted molar refractivity (Wildman–Crippen MR) is 36.3 cm³/mol. The molecule has 0 aliphatic carbocycles. The fourth-order valence-electron chi connectivity index (χ4n) is 0.881. The molecule has 1 fully saturated rings. The molecule has 1 radical (unpaired) electrons. The summed E-state index contributed by atoms with van der Waals surface area (Å²) in [6.07, 6.45) is 1.65. The van der Waals surface area contributed by atoms with E-state index >= 15 is 0 Å². The molecule has 61 valence electrons. The van der Waals surface area contributed by atoms with Crippen molar-refractivity contribution < 1.29 is 42.2 Å². The van der Waals surface area contributed by atoms with Gasteiger partial charge in [0, 0.05) is 51.8 Å². The van der Waals surface area contributed by atoms with Gasteiger partial charge < -0.3 is 20.2 Å². The van der Waals surface area contributed by atoms with Gasteiger partial charge in [-0.1, -0.05) is 0 Å². The Bertz CT molecular complexity index is 105. The van der Waals surface area contributed by atoms with Crippen LogP contribution in [0.25, 0.3) is 0 Å². The Labute approximate surface area is 91.3 Å². The van der Waals surface area contributed by atoms with E-state index < -0.39 is 0 Å². The molecule has 1 rings (SSSR count). The maximum absolute atomic E-state index is 9.87. The van der Waals surface area contributed by atoms with Gasteiger partial charge in [0.25, 0.3) is 0 Å². The smallest absolute Gasteiger partial charge is 0.0656 e. The molecular formula is C6H11N2O2Y-. The molecule has 0 aromatic carbocycles. The van der Waals surface area contributed by atoms with Gasteiger partial charge in [0.15, 0.2) is 0 Å². The fourth-order valence-corrected chi connectivity index (χ4v) is 0.881. The maximum atomic E-state index is 9.87. The number of hydrogen-bond donors (Lipinski definition) is 2. The maximum Gasteiger partial charge on any atom is 0.0656 e. The van der Waals surface area contributed by atoms with E-state index in [1.165, 1.54) is 0 Å². The van der Waals surface area contributed by atoms with E-state index in [-0.39, 0.29) is 38.8 Å². The molecule has 1 heterocycles. The van der Waals surface area contributed by atoms with E-state index in [1.807, 2.05) is 0 Å². The third-order valence-electron chi connectivity index (χ3n) is 1.40. The van der Waals surface area contributed by atoms with Crippen molar-refractivity contribution in [2.75, 3.05) is 26.3 Å². The van der Waals surface area contributed by atoms with Gasteiger partial charge in [0.2, 0.25) is 0 Å². The molecule has 5 heteroatoms. The van der Waals surface area contributed by atoms with E-state index in [0.717, 1.165) is 19.7 Å². The van der Waals surface area contributed by atoms with Crippen molar-refractivity contribution in [3.63, 3.8) is 0 Å². The summed E-state index contributed by atoms with van der Waals surface area (Å²) in [5, 5.41) is 5.65. The summed E-state index contributed by atoms with van der Waals surface area (Å²) in [5.41, 5.74) is 0. The average Bonchev–Trinajstić information content (AvgIpc) is 2.17. The van der Waals surface area contributed by atoms with Crippen LogP contribution in [0.2, 0.25) is 0 Å². The van der Waals surface area contributed by atoms with Crippen LogP contribution in [0.5, 0.6) is 0 Å². The molecule has 0 aromatic rings. The molecule has 1 unspecified atom stereocenters. The summed E-state index contributed by atoms with van der Waals surface area (Å²) in [7, 11) is 0. The second kappa shape index (κ2) is 7.16. The van der Waals surface area contributed by atoms with Crippen LogP contribution in [0.4, 0.5) is 0 Å². The van der Waals surface area contributed by atoms with Crippen LogP contribution >= 0.6 is 0 Å². The first-order chi connectivity index (χ1) is 4.93. The van der Waals surface area contributed by atoms with E-state index in [4.69, 9.17) is 4.74 Å². The summed E-state index contributed by atoms with van der Waals surface area (Å²) in [6, 6.07) is 0.0833. The van der Waals surface area contributed by atoms with Crippen LogP contribution in [-0.2, 0) is 42.2 Å². The molecular weight excluding hydrogens is 221 g/mol. The second-order valence-electron chi connectivity index (χ2n) is 2.22. The van der Waals surface area contributed by atoms with Crippen molar-refractivity contribution in [2.24, 2.45) is 0 Å². The minimum absolute atomic E-state index is 0. The van der Waals surface area contributed by atoms with Crippen molar-refractivity contribution in [1.82, 2.24) is 10.6 Å². The normalized spacial score (nSPS) is 24.5. The summed E-state index contributed by atoms with van der Waals surface area (Å²) in [4.78, 5) is 9.87. The van der Waals surface area contributed by atoms with E-state index in [0.29, 0.717) is 6.61 Å². The standard InChI is InChI=1S/C6H11N2O2.Y/c9-5-8-6-3-7-1-2-10-4-6;/h6-7H,1-4H2,(H,8,9);/q-1;. The molecule has 1 aliphatic heterocycles. The van der Waals surface area contributed by atoms with Gasteiger partial charge in [-0.05, 0) is 0 Å². The minimum Gasteiger partial charge on any atom is -0.525 e. The summed E-state index contributed by atoms with van der Waals surface area (Å²) >= 11 is 0. The van der Waals surface area contributed by atoms with Gasteiger partial charge in [0.1, 0.15) is 0 Å². The van der Waals surface area contributed by atoms with E-state index in [9.17, 15) is 4.79 Å². The molecule has 0 saturated carbocycles. The number of carbonyl (C=O) groups excluding carboxylic acids is 1. The quantitative estimate of drug-likeness (QED) is 0.456. The first kappa shape index (κ1) is 11.5. The summed E-state index contributed by atoms with van der Waals surface area (Å²) in [5.74, 6) is 0. The Morgan fingerprint density at radius 2 is 2.45 bits per heavy atom. The Hall–Kier alpha value is 0.494. The molecule has 1 saturated heterocycles. The number of hydrogen-bond acceptors (Lipinski definition) is 3. The van der Waals surface area contributed by atoms with E-state index in [1.54, 1.807) is 6.41 Å². The summed E-state index contributed by atoms with van der Waals surface area (Å²) < 4.78 is 5.16. The van der Waals surface area contributed by atoms with Crippen molar-refractivity contribution in [3.8, 4) is 0 Å². The molecule has 1 amide bonds. The third kappa shape index (κ3) is 4.85. The van der Waals surface area contributed by atoms with Gasteiger partial charge in [-0.25, -0.2) is 0 Å². The van der Waals surface area contributed by atoms with E-state index in [2.05, 4.69) is 10.6 Å². The Morgan fingerprint density at radius 1 is 1.64 bits per heavy atom. The van der Waals surface area contributed by atoms with Crippen molar-refractivity contribution >= 4 is 6.41 Å². The third-order valence-corrected chi connectivity index (χ3v) is 1.40. The molecule has 4 nitrogen and oxygen atoms in total. The zero-order chi connectivity index (χ0) is 7.23. The number of rotatable bonds is 2. The SMILES string of the molecule is O=[C-]NC1CNCCOC1.[Y]. The van der Waals surface area contributed by atoms with Crippen LogP contribution in [0.1, 0.15) is 0 Å². The van der Waals surface area contributed by atoms with Crippen molar-refractivity contribution in [1.29, 1.82) is 0 Å². The van der Waals surface area contributed by atoms with Crippen LogP contribution in [0, 0.1) is 0 Å². The number of nitrogens with one attached hydrogen (secondary N) is 2. The molecule has 0 spiro atoms. The predicted octanol–water partition coefficient (Wildman–Crippen LogP) is -1.37. The van der Waals surface area contributed by atoms with Crippen molar-refractivity contribution in [3.05, 3.63) is 0 Å². The van der Waals surface area contributed by atoms with Crippen molar-refractivity contribution in [2.45, 2.75) is 6.04 Å². The molecule has 0 bridgehead atoms. The largest absolute Gasteiger partial charge is 0.525 e. The minimum atomic E-state index is 0. The van der Waals surface area contributed by atoms with Crippen LogP contribution < -0.4 is 10.6 Å². The second-order valence-corrected chi connectivity index (χ2v) is 2.22. The van der Waals surface area contributed by atoms with Gasteiger partial charge >= 0.3 is 0 Å². The van der Waals surface area contributed by atoms with Gasteiger partial charge in [0.05, 0.1) is 13.2 Å². The number of ether oxygens (including phenoxy) is 1. The fraction of sp³-hybridized carbons (Fsp3) is 0.833. The molecule has 1 atom stereocenters. The van der Waals surface area contributed by atoms with Gasteiger partial charge in [-0.15, -0.1) is 0 Å². The molecule has 2 N–H and O–H groups in total. The van der Waals surface area contributed by atoms with Crippen LogP contribution in [0.3, 0.4) is 0 Å². The number of amides is 1. The topological polar surface area (TPSA) is 50.4 Å². The van der Waals surface area contributed by atoms with Crippen LogP contribution in [0.15, 0.2) is 0 Å². The summed E-state index contributed by atoms with van der Waals surface area (Å²) in [6.45, 7) is 2.94. The van der Waals surface area contributed by atoms with Gasteiger partial charge in [-0.2, -0.15) is 6.41 Å². The first-order valence-corrected chi connectivity index (χ1v) is 3.34. The zero-order valence-corrected chi connectivity index (χ0v) is 9.14. The van der Waals surface area contributed by atoms with Crippen LogP contribution in [-0.4, -0.2) is 38.8 Å². The molecule has 1 aliphatic rings. The monoisotopic (exact) mass is 232 g/mol. The first-order valence-electron chi connectivity index (χ1n) is 3.34. The Morgan fingerprint density at radius 3 is 3.18 bits per heavy atom. The zero-order valence-electron chi connectivity index (χ0n) is 6.30.